The van der Waals surface area contributed by atoms with Gasteiger partial charge in [0.25, 0.3) is 5.91 Å². The van der Waals surface area contributed by atoms with E-state index < -0.39 is 11.8 Å². The van der Waals surface area contributed by atoms with E-state index in [0.717, 1.165) is 0 Å². The van der Waals surface area contributed by atoms with Crippen molar-refractivity contribution in [2.75, 3.05) is 24.4 Å². The molecule has 0 saturated carbocycles. The molecule has 3 N–H and O–H groups in total. The van der Waals surface area contributed by atoms with Gasteiger partial charge >= 0.3 is 6.09 Å². The van der Waals surface area contributed by atoms with Gasteiger partial charge in [0.05, 0.1) is 25.3 Å². The molecular formula is C24H20N4O5. The molecule has 3 aromatic carbocycles. The number of imidazole rings is 1. The Bertz CT molecular complexity index is 1380. The fraction of sp³-hybridized carbons (Fsp3) is 0.125. The van der Waals surface area contributed by atoms with Gasteiger partial charge in [0.15, 0.2) is 5.72 Å². The van der Waals surface area contributed by atoms with Crippen molar-refractivity contribution in [3.8, 4) is 5.75 Å². The number of aliphatic hydroxyl groups is 1. The average molecular weight is 444 g/mol. The number of fused-ring (bicyclic) bond motifs is 2. The number of benzene rings is 3. The Hall–Kier alpha value is -4.37. The Kier molecular flexibility index (Phi) is 4.75. The summed E-state index contributed by atoms with van der Waals surface area (Å²) in [6.07, 6.45) is -0.658. The normalized spacial score (nSPS) is 17.2. The smallest absolute Gasteiger partial charge is 0.413 e. The van der Waals surface area contributed by atoms with Crippen LogP contribution in [0, 0.1) is 0 Å². The quantitative estimate of drug-likeness (QED) is 0.443. The Labute approximate surface area is 188 Å². The van der Waals surface area contributed by atoms with Crippen molar-refractivity contribution < 1.29 is 24.2 Å². The van der Waals surface area contributed by atoms with Crippen LogP contribution in [-0.4, -0.2) is 41.3 Å². The first-order chi connectivity index (χ1) is 16.0. The zero-order valence-corrected chi connectivity index (χ0v) is 17.8. The van der Waals surface area contributed by atoms with Crippen molar-refractivity contribution in [3.63, 3.8) is 0 Å². The summed E-state index contributed by atoms with van der Waals surface area (Å²) >= 11 is 0. The van der Waals surface area contributed by atoms with E-state index >= 15 is 0 Å². The van der Waals surface area contributed by atoms with Crippen LogP contribution in [0.1, 0.15) is 21.5 Å². The van der Waals surface area contributed by atoms with Crippen LogP contribution in [-0.2, 0) is 10.5 Å². The molecule has 0 fully saturated rings. The largest absolute Gasteiger partial charge is 0.497 e. The number of amides is 2. The number of nitrogens with zero attached hydrogens (tertiary/aromatic N) is 2. The van der Waals surface area contributed by atoms with Gasteiger partial charge in [-0.1, -0.05) is 24.3 Å². The van der Waals surface area contributed by atoms with Crippen molar-refractivity contribution in [1.82, 2.24) is 9.97 Å². The molecule has 0 bridgehead atoms. The van der Waals surface area contributed by atoms with Crippen LogP contribution in [0.5, 0.6) is 5.75 Å². The van der Waals surface area contributed by atoms with E-state index in [-0.39, 0.29) is 11.9 Å². The highest BCUT2D eigenvalue weighted by atomic mass is 16.5. The molecule has 5 rings (SSSR count). The van der Waals surface area contributed by atoms with Gasteiger partial charge in [-0.15, -0.1) is 0 Å². The second kappa shape index (κ2) is 7.64. The SMILES string of the molecule is COC(=O)Nc1nc2ccc(C3(O)c4ccccc4C(=O)N3c3ccc(OC)cc3)cc2[nH]1. The average Bonchev–Trinajstić information content (AvgIpc) is 3.35. The first-order valence-electron chi connectivity index (χ1n) is 10.1. The molecule has 9 nitrogen and oxygen atoms in total. The van der Waals surface area contributed by atoms with Gasteiger partial charge in [-0.05, 0) is 42.5 Å². The lowest BCUT2D eigenvalue weighted by Crippen LogP contribution is -2.45. The lowest BCUT2D eigenvalue weighted by molar-refractivity contribution is 0.0704. The third kappa shape index (κ3) is 3.17. The number of methoxy groups -OCH3 is 2. The van der Waals surface area contributed by atoms with E-state index in [1.807, 2.05) is 0 Å². The molecular weight excluding hydrogens is 424 g/mol. The first-order valence-corrected chi connectivity index (χ1v) is 10.1. The van der Waals surface area contributed by atoms with Gasteiger partial charge < -0.3 is 19.6 Å². The van der Waals surface area contributed by atoms with E-state index in [2.05, 4.69) is 20.0 Å². The molecule has 1 aliphatic rings. The maximum absolute atomic E-state index is 13.4. The van der Waals surface area contributed by atoms with Crippen LogP contribution in [0.4, 0.5) is 16.4 Å². The van der Waals surface area contributed by atoms with Gasteiger partial charge in [-0.3, -0.25) is 15.0 Å². The highest BCUT2D eigenvalue weighted by Crippen LogP contribution is 2.45. The minimum absolute atomic E-state index is 0.205. The molecule has 9 heteroatoms. The summed E-state index contributed by atoms with van der Waals surface area (Å²) in [6.45, 7) is 0. The molecule has 4 aromatic rings. The van der Waals surface area contributed by atoms with Crippen molar-refractivity contribution in [1.29, 1.82) is 0 Å². The molecule has 1 atom stereocenters. The van der Waals surface area contributed by atoms with Crippen molar-refractivity contribution in [2.24, 2.45) is 0 Å². The molecule has 1 aliphatic heterocycles. The second-order valence-corrected chi connectivity index (χ2v) is 7.49. The van der Waals surface area contributed by atoms with E-state index in [9.17, 15) is 14.7 Å². The molecule has 2 amide bonds. The number of carbonyl (C=O) groups excluding carboxylic acids is 2. The Morgan fingerprint density at radius 2 is 1.85 bits per heavy atom. The monoisotopic (exact) mass is 444 g/mol. The zero-order valence-electron chi connectivity index (χ0n) is 17.8. The topological polar surface area (TPSA) is 117 Å². The molecule has 2 heterocycles. The van der Waals surface area contributed by atoms with E-state index in [4.69, 9.17) is 4.74 Å². The van der Waals surface area contributed by atoms with Crippen LogP contribution < -0.4 is 15.0 Å². The number of anilines is 2. The van der Waals surface area contributed by atoms with E-state index in [1.54, 1.807) is 73.8 Å². The lowest BCUT2D eigenvalue weighted by Gasteiger charge is -2.35. The Morgan fingerprint density at radius 3 is 2.58 bits per heavy atom. The molecule has 1 aromatic heterocycles. The van der Waals surface area contributed by atoms with Gasteiger partial charge in [0.2, 0.25) is 5.95 Å². The van der Waals surface area contributed by atoms with Crippen LogP contribution in [0.25, 0.3) is 11.0 Å². The van der Waals surface area contributed by atoms with E-state index in [1.165, 1.54) is 12.0 Å². The minimum Gasteiger partial charge on any atom is -0.497 e. The predicted molar refractivity (Wildman–Crippen MR) is 121 cm³/mol. The molecule has 0 saturated heterocycles. The number of nitrogens with one attached hydrogen (secondary N) is 2. The van der Waals surface area contributed by atoms with E-state index in [0.29, 0.717) is 39.2 Å². The summed E-state index contributed by atoms with van der Waals surface area (Å²) in [5, 5.41) is 14.6. The van der Waals surface area contributed by atoms with Gasteiger partial charge in [-0.25, -0.2) is 9.78 Å². The number of rotatable bonds is 4. The fourth-order valence-electron chi connectivity index (χ4n) is 4.11. The first kappa shape index (κ1) is 20.5. The summed E-state index contributed by atoms with van der Waals surface area (Å²) in [4.78, 5) is 33.6. The zero-order chi connectivity index (χ0) is 23.2. The minimum atomic E-state index is -1.77. The van der Waals surface area contributed by atoms with Gasteiger partial charge in [0, 0.05) is 22.4 Å². The third-order valence-corrected chi connectivity index (χ3v) is 5.68. The number of H-pyrrole nitrogens is 1. The molecule has 33 heavy (non-hydrogen) atoms. The number of hydrogen-bond donors (Lipinski definition) is 3. The van der Waals surface area contributed by atoms with Gasteiger partial charge in [-0.2, -0.15) is 0 Å². The molecule has 0 radical (unpaired) electrons. The summed E-state index contributed by atoms with van der Waals surface area (Å²) in [5.74, 6) is 0.517. The highest BCUT2D eigenvalue weighted by Gasteiger charge is 2.50. The molecule has 1 unspecified atom stereocenters. The van der Waals surface area contributed by atoms with Crippen molar-refractivity contribution in [2.45, 2.75) is 5.72 Å². The Morgan fingerprint density at radius 1 is 1.09 bits per heavy atom. The maximum atomic E-state index is 13.4. The van der Waals surface area contributed by atoms with Crippen LogP contribution >= 0.6 is 0 Å². The number of aromatic amines is 1. The van der Waals surface area contributed by atoms with Crippen molar-refractivity contribution in [3.05, 3.63) is 83.4 Å². The lowest BCUT2D eigenvalue weighted by atomic mass is 9.93. The predicted octanol–water partition coefficient (Wildman–Crippen LogP) is 3.60. The third-order valence-electron chi connectivity index (χ3n) is 5.68. The number of ether oxygens (including phenoxy) is 2. The summed E-state index contributed by atoms with van der Waals surface area (Å²) < 4.78 is 9.83. The number of hydrogen-bond acceptors (Lipinski definition) is 6. The molecule has 166 valence electrons. The molecule has 0 aliphatic carbocycles. The fourth-order valence-corrected chi connectivity index (χ4v) is 4.11. The Balaban J connectivity index is 1.66. The van der Waals surface area contributed by atoms with Crippen LogP contribution in [0.15, 0.2) is 66.7 Å². The summed E-state index contributed by atoms with van der Waals surface area (Å²) in [5.41, 5.74) is 1.22. The number of carbonyl (C=O) groups is 2. The molecule has 0 spiro atoms. The highest BCUT2D eigenvalue weighted by molar-refractivity contribution is 6.12. The summed E-state index contributed by atoms with van der Waals surface area (Å²) in [6, 6.07) is 19.0. The van der Waals surface area contributed by atoms with Crippen LogP contribution in [0.2, 0.25) is 0 Å². The summed E-state index contributed by atoms with van der Waals surface area (Å²) in [7, 11) is 2.82. The standard InChI is InChI=1S/C24H20N4O5/c1-32-16-10-8-15(9-11-16)28-21(29)17-5-3-4-6-18(17)24(28,31)14-7-12-19-20(13-14)26-22(25-19)27-23(30)33-2/h3-13,31H,1-2H3,(H2,25,26,27,30). The van der Waals surface area contributed by atoms with Crippen LogP contribution in [0.3, 0.4) is 0 Å². The van der Waals surface area contributed by atoms with Gasteiger partial charge in [0.1, 0.15) is 5.75 Å². The van der Waals surface area contributed by atoms with Crippen molar-refractivity contribution >= 4 is 34.7 Å². The number of aromatic nitrogens is 2. The maximum Gasteiger partial charge on any atom is 0.413 e. The second-order valence-electron chi connectivity index (χ2n) is 7.49.